The quantitative estimate of drug-likeness (QED) is 0.252. The first-order chi connectivity index (χ1) is 21.6. The minimum Gasteiger partial charge on any atom is -0.445 e. The molecule has 3 atom stereocenters. The van der Waals surface area contributed by atoms with Crippen LogP contribution in [0.15, 0.2) is 65.2 Å². The highest BCUT2D eigenvalue weighted by Gasteiger charge is 2.40. The van der Waals surface area contributed by atoms with Gasteiger partial charge in [-0.15, -0.1) is 0 Å². The number of benzene rings is 2. The van der Waals surface area contributed by atoms with E-state index in [2.05, 4.69) is 32.9 Å². The van der Waals surface area contributed by atoms with Gasteiger partial charge in [0, 0.05) is 13.0 Å². The lowest BCUT2D eigenvalue weighted by molar-refractivity contribution is -0.141. The van der Waals surface area contributed by atoms with Crippen LogP contribution in [-0.2, 0) is 33.8 Å². The van der Waals surface area contributed by atoms with Crippen molar-refractivity contribution in [2.45, 2.75) is 84.5 Å². The largest absolute Gasteiger partial charge is 0.445 e. The van der Waals surface area contributed by atoms with E-state index in [0.717, 1.165) is 18.4 Å². The van der Waals surface area contributed by atoms with Gasteiger partial charge in [-0.25, -0.2) is 4.79 Å². The molecule has 2 aromatic carbocycles. The van der Waals surface area contributed by atoms with Gasteiger partial charge in [-0.1, -0.05) is 93.5 Å². The molecule has 1 unspecified atom stereocenters. The number of likely N-dealkylation sites (tertiary alicyclic amines) is 1. The van der Waals surface area contributed by atoms with Crippen LogP contribution >= 0.6 is 0 Å². The molecule has 1 aliphatic rings. The summed E-state index contributed by atoms with van der Waals surface area (Å²) in [4.78, 5) is 58.9. The highest BCUT2D eigenvalue weighted by atomic mass is 16.5. The number of carbonyl (C=O) groups excluding carboxylic acids is 4. The van der Waals surface area contributed by atoms with E-state index in [-0.39, 0.29) is 30.2 Å². The fourth-order valence-corrected chi connectivity index (χ4v) is 5.36. The van der Waals surface area contributed by atoms with E-state index in [1.54, 1.807) is 0 Å². The van der Waals surface area contributed by atoms with Gasteiger partial charge in [0.2, 0.25) is 29.3 Å². The van der Waals surface area contributed by atoms with E-state index in [4.69, 9.17) is 9.26 Å². The maximum absolute atomic E-state index is 13.6. The van der Waals surface area contributed by atoms with Crippen molar-refractivity contribution in [1.29, 1.82) is 0 Å². The summed E-state index contributed by atoms with van der Waals surface area (Å²) in [5.41, 5.74) is 2.03. The zero-order valence-corrected chi connectivity index (χ0v) is 26.4. The zero-order valence-electron chi connectivity index (χ0n) is 26.4. The molecule has 0 spiro atoms. The van der Waals surface area contributed by atoms with Gasteiger partial charge in [-0.3, -0.25) is 14.4 Å². The molecule has 1 aliphatic heterocycles. The second-order valence-electron chi connectivity index (χ2n) is 12.1. The van der Waals surface area contributed by atoms with Crippen LogP contribution in [0.25, 0.3) is 0 Å². The molecule has 0 aliphatic carbocycles. The van der Waals surface area contributed by atoms with Crippen molar-refractivity contribution >= 4 is 23.7 Å². The number of Topliss-reactive ketones (excluding diaryl/α,β-unsaturated/α-hetero) is 1. The van der Waals surface area contributed by atoms with Crippen molar-refractivity contribution in [3.8, 4) is 0 Å². The van der Waals surface area contributed by atoms with E-state index in [9.17, 15) is 19.2 Å². The third kappa shape index (κ3) is 9.23. The minimum absolute atomic E-state index is 0.0700. The van der Waals surface area contributed by atoms with Gasteiger partial charge in [-0.2, -0.15) is 4.98 Å². The van der Waals surface area contributed by atoms with Crippen LogP contribution in [0.2, 0.25) is 0 Å². The number of hydrogen-bond donors (Lipinski definition) is 2. The Hall–Kier alpha value is -4.54. The predicted octanol–water partition coefficient (Wildman–Crippen LogP) is 4.51. The van der Waals surface area contributed by atoms with Gasteiger partial charge in [-0.05, 0) is 48.6 Å². The van der Waals surface area contributed by atoms with Crippen molar-refractivity contribution in [1.82, 2.24) is 25.7 Å². The second-order valence-corrected chi connectivity index (χ2v) is 12.1. The summed E-state index contributed by atoms with van der Waals surface area (Å²) in [6, 6.07) is 16.7. The van der Waals surface area contributed by atoms with Crippen molar-refractivity contribution in [2.24, 2.45) is 11.8 Å². The van der Waals surface area contributed by atoms with Crippen LogP contribution in [0, 0.1) is 11.8 Å². The number of aromatic nitrogens is 2. The Balaban J connectivity index is 1.35. The second kappa shape index (κ2) is 16.0. The number of hydrogen-bond acceptors (Lipinski definition) is 8. The molecule has 2 heterocycles. The Kier molecular flexibility index (Phi) is 11.8. The summed E-state index contributed by atoms with van der Waals surface area (Å²) in [5.74, 6) is -1.49. The molecule has 1 saturated heterocycles. The molecule has 240 valence electrons. The molecular formula is C34H43N5O6. The lowest BCUT2D eigenvalue weighted by Gasteiger charge is -2.31. The maximum atomic E-state index is 13.6. The zero-order chi connectivity index (χ0) is 32.3. The molecule has 4 rings (SSSR count). The van der Waals surface area contributed by atoms with E-state index in [1.165, 1.54) is 10.5 Å². The Morgan fingerprint density at radius 2 is 1.53 bits per heavy atom. The van der Waals surface area contributed by atoms with Crippen LogP contribution in [0.5, 0.6) is 0 Å². The number of aryl methyl sites for hydroxylation is 2. The first-order valence-corrected chi connectivity index (χ1v) is 15.6. The van der Waals surface area contributed by atoms with Gasteiger partial charge < -0.3 is 24.8 Å². The molecule has 3 amide bonds. The monoisotopic (exact) mass is 617 g/mol. The van der Waals surface area contributed by atoms with Crippen LogP contribution in [-0.4, -0.2) is 63.4 Å². The number of ketones is 1. The van der Waals surface area contributed by atoms with E-state index in [1.807, 2.05) is 76.2 Å². The maximum Gasteiger partial charge on any atom is 0.408 e. The SMILES string of the molecule is CC(C)[C@H](NC(=O)OCc1ccccc1)C(=O)N1CCCC1C(=O)N[C@@H](C(=O)c1noc(CCCc2ccccc2)n1)C(C)C. The molecule has 45 heavy (non-hydrogen) atoms. The molecule has 11 heteroatoms. The highest BCUT2D eigenvalue weighted by molar-refractivity contribution is 6.00. The summed E-state index contributed by atoms with van der Waals surface area (Å²) in [7, 11) is 0. The fraction of sp³-hybridized carbons (Fsp3) is 0.471. The average molecular weight is 618 g/mol. The molecule has 11 nitrogen and oxygen atoms in total. The number of nitrogens with zero attached hydrogens (tertiary/aromatic N) is 3. The van der Waals surface area contributed by atoms with Crippen molar-refractivity contribution < 1.29 is 28.4 Å². The van der Waals surface area contributed by atoms with Gasteiger partial charge in [0.05, 0.1) is 6.04 Å². The normalized spacial score (nSPS) is 16.0. The molecule has 0 bridgehead atoms. The number of amides is 3. The smallest absolute Gasteiger partial charge is 0.408 e. The first-order valence-electron chi connectivity index (χ1n) is 15.6. The molecule has 0 saturated carbocycles. The first kappa shape index (κ1) is 33.4. The topological polar surface area (TPSA) is 144 Å². The van der Waals surface area contributed by atoms with Crippen molar-refractivity contribution in [3.63, 3.8) is 0 Å². The Bertz CT molecular complexity index is 1430. The summed E-state index contributed by atoms with van der Waals surface area (Å²) >= 11 is 0. The highest BCUT2D eigenvalue weighted by Crippen LogP contribution is 2.22. The summed E-state index contributed by atoms with van der Waals surface area (Å²) in [6.45, 7) is 7.71. The number of carbonyl (C=O) groups is 4. The third-order valence-corrected chi connectivity index (χ3v) is 7.89. The lowest BCUT2D eigenvalue weighted by Crippen LogP contribution is -2.57. The van der Waals surface area contributed by atoms with Crippen LogP contribution < -0.4 is 10.6 Å². The fourth-order valence-electron chi connectivity index (χ4n) is 5.36. The average Bonchev–Trinajstić information content (AvgIpc) is 3.72. The standard InChI is InChI=1S/C34H43N5O6/c1-22(2)28(30(40)31-35-27(45-38-31)19-11-17-24-13-7-5-8-14-24)36-32(41)26-18-12-20-39(26)33(42)29(23(3)4)37-34(43)44-21-25-15-9-6-10-16-25/h5-10,13-16,22-23,26,28-29H,11-12,17-21H2,1-4H3,(H,36,41)(H,37,43)/t26?,28-,29+/m1/s1. The molecule has 1 fully saturated rings. The summed E-state index contributed by atoms with van der Waals surface area (Å²) in [6.07, 6.45) is 2.50. The van der Waals surface area contributed by atoms with Gasteiger partial charge in [0.25, 0.3) is 0 Å². The van der Waals surface area contributed by atoms with Crippen LogP contribution in [0.4, 0.5) is 4.79 Å². The summed E-state index contributed by atoms with van der Waals surface area (Å²) in [5, 5.41) is 9.42. The van der Waals surface area contributed by atoms with Crippen LogP contribution in [0.1, 0.15) is 74.6 Å². The molecule has 3 aromatic rings. The number of ether oxygens (including phenoxy) is 1. The Morgan fingerprint density at radius 1 is 0.889 bits per heavy atom. The lowest BCUT2D eigenvalue weighted by atomic mass is 9.98. The molecule has 0 radical (unpaired) electrons. The van der Waals surface area contributed by atoms with Gasteiger partial charge in [0.1, 0.15) is 18.7 Å². The number of rotatable bonds is 14. The third-order valence-electron chi connectivity index (χ3n) is 7.89. The van der Waals surface area contributed by atoms with E-state index < -0.39 is 35.9 Å². The van der Waals surface area contributed by atoms with E-state index >= 15 is 0 Å². The Labute approximate surface area is 264 Å². The molecular weight excluding hydrogens is 574 g/mol. The van der Waals surface area contributed by atoms with Gasteiger partial charge >= 0.3 is 6.09 Å². The minimum atomic E-state index is -0.906. The van der Waals surface area contributed by atoms with Gasteiger partial charge in [0.15, 0.2) is 0 Å². The predicted molar refractivity (Wildman–Crippen MR) is 167 cm³/mol. The Morgan fingerprint density at radius 3 is 2.18 bits per heavy atom. The van der Waals surface area contributed by atoms with E-state index in [0.29, 0.717) is 31.7 Å². The number of alkyl carbamates (subject to hydrolysis) is 1. The number of nitrogens with one attached hydrogen (secondary N) is 2. The molecule has 1 aromatic heterocycles. The molecule has 2 N–H and O–H groups in total. The van der Waals surface area contributed by atoms with Crippen molar-refractivity contribution in [2.75, 3.05) is 6.54 Å². The van der Waals surface area contributed by atoms with Crippen LogP contribution in [0.3, 0.4) is 0 Å². The van der Waals surface area contributed by atoms with Crippen molar-refractivity contribution in [3.05, 3.63) is 83.5 Å². The summed E-state index contributed by atoms with van der Waals surface area (Å²) < 4.78 is 10.7.